The molecule has 2 aliphatic rings. The number of carbonyl (C=O) groups is 1. The van der Waals surface area contributed by atoms with Gasteiger partial charge < -0.3 is 9.88 Å². The van der Waals surface area contributed by atoms with E-state index in [4.69, 9.17) is 0 Å². The fraction of sp³-hybridized carbons (Fsp3) is 0.500. The van der Waals surface area contributed by atoms with Crippen LogP contribution in [0.3, 0.4) is 0 Å². The standard InChI is InChI=1S/C20H24F2N4O/c1-25(14-4-2-3-5-14)12-19(27)26-9-8-17-18(11-26)24-20(23-17)15-7-6-13(21)10-16(15)22/h6-7,10,14H,2-5,8-9,11-12H2,1H3,(H,23,24). The molecule has 2 heterocycles. The van der Waals surface area contributed by atoms with Gasteiger partial charge in [0.2, 0.25) is 5.91 Å². The van der Waals surface area contributed by atoms with Crippen LogP contribution < -0.4 is 0 Å². The van der Waals surface area contributed by atoms with Crippen molar-refractivity contribution in [1.29, 1.82) is 0 Å². The van der Waals surface area contributed by atoms with E-state index >= 15 is 0 Å². The highest BCUT2D eigenvalue weighted by Gasteiger charge is 2.27. The Morgan fingerprint density at radius 1 is 1.33 bits per heavy atom. The molecule has 0 saturated heterocycles. The maximum absolute atomic E-state index is 14.0. The summed E-state index contributed by atoms with van der Waals surface area (Å²) in [6.07, 6.45) is 5.45. The lowest BCUT2D eigenvalue weighted by atomic mass is 10.1. The number of rotatable bonds is 4. The number of H-pyrrole nitrogens is 1. The van der Waals surface area contributed by atoms with Gasteiger partial charge in [0, 0.05) is 25.1 Å². The lowest BCUT2D eigenvalue weighted by Gasteiger charge is -2.30. The Morgan fingerprint density at radius 3 is 2.85 bits per heavy atom. The van der Waals surface area contributed by atoms with Crippen molar-refractivity contribution in [3.05, 3.63) is 41.2 Å². The predicted molar refractivity (Wildman–Crippen MR) is 97.9 cm³/mol. The summed E-state index contributed by atoms with van der Waals surface area (Å²) in [6.45, 7) is 1.48. The molecule has 1 aromatic carbocycles. The number of carbonyl (C=O) groups excluding carboxylic acids is 1. The second-order valence-electron chi connectivity index (χ2n) is 7.55. The molecule has 1 amide bonds. The first-order valence-corrected chi connectivity index (χ1v) is 9.52. The molecule has 0 unspecified atom stereocenters. The Balaban J connectivity index is 1.45. The van der Waals surface area contributed by atoms with Gasteiger partial charge in [0.05, 0.1) is 30.0 Å². The SMILES string of the molecule is CN(CC(=O)N1CCc2nc(-c3ccc(F)cc3F)[nH]c2C1)C1CCCC1. The minimum Gasteiger partial charge on any atom is -0.340 e. The van der Waals surface area contributed by atoms with Crippen molar-refractivity contribution in [2.75, 3.05) is 20.1 Å². The monoisotopic (exact) mass is 374 g/mol. The molecule has 2 aromatic rings. The number of fused-ring (bicyclic) bond motifs is 1. The van der Waals surface area contributed by atoms with Crippen molar-refractivity contribution in [2.45, 2.75) is 44.7 Å². The third-order valence-corrected chi connectivity index (χ3v) is 5.70. The number of nitrogens with one attached hydrogen (secondary N) is 1. The smallest absolute Gasteiger partial charge is 0.237 e. The van der Waals surface area contributed by atoms with E-state index in [1.807, 2.05) is 11.9 Å². The minimum absolute atomic E-state index is 0.110. The largest absolute Gasteiger partial charge is 0.340 e. The van der Waals surface area contributed by atoms with Crippen LogP contribution in [0.25, 0.3) is 11.4 Å². The van der Waals surface area contributed by atoms with E-state index in [2.05, 4.69) is 14.9 Å². The van der Waals surface area contributed by atoms with Crippen LogP contribution in [0.5, 0.6) is 0 Å². The zero-order chi connectivity index (χ0) is 19.0. The second-order valence-corrected chi connectivity index (χ2v) is 7.55. The van der Waals surface area contributed by atoms with E-state index in [1.165, 1.54) is 37.8 Å². The average Bonchev–Trinajstić information content (AvgIpc) is 3.30. The van der Waals surface area contributed by atoms with Crippen molar-refractivity contribution in [2.24, 2.45) is 0 Å². The predicted octanol–water partition coefficient (Wildman–Crippen LogP) is 3.11. The maximum Gasteiger partial charge on any atom is 0.237 e. The van der Waals surface area contributed by atoms with Crippen LogP contribution >= 0.6 is 0 Å². The van der Waals surface area contributed by atoms with Crippen molar-refractivity contribution < 1.29 is 13.6 Å². The van der Waals surface area contributed by atoms with Crippen molar-refractivity contribution >= 4 is 5.91 Å². The number of nitrogens with zero attached hydrogens (tertiary/aromatic N) is 3. The Kier molecular flexibility index (Phi) is 4.95. The number of amides is 1. The molecule has 1 aliphatic carbocycles. The van der Waals surface area contributed by atoms with Gasteiger partial charge in [-0.25, -0.2) is 13.8 Å². The van der Waals surface area contributed by atoms with Crippen LogP contribution in [-0.4, -0.2) is 51.9 Å². The number of hydrogen-bond acceptors (Lipinski definition) is 3. The van der Waals surface area contributed by atoms with Gasteiger partial charge in [0.25, 0.3) is 0 Å². The quantitative estimate of drug-likeness (QED) is 0.895. The molecule has 1 saturated carbocycles. The van der Waals surface area contributed by atoms with Crippen LogP contribution in [0, 0.1) is 11.6 Å². The molecule has 27 heavy (non-hydrogen) atoms. The van der Waals surface area contributed by atoms with Gasteiger partial charge in [-0.3, -0.25) is 9.69 Å². The number of halogens is 2. The molecule has 1 fully saturated rings. The molecule has 0 radical (unpaired) electrons. The summed E-state index contributed by atoms with van der Waals surface area (Å²) in [4.78, 5) is 24.3. The highest BCUT2D eigenvalue weighted by molar-refractivity contribution is 5.78. The van der Waals surface area contributed by atoms with E-state index < -0.39 is 11.6 Å². The molecule has 0 atom stereocenters. The zero-order valence-corrected chi connectivity index (χ0v) is 15.5. The lowest BCUT2D eigenvalue weighted by Crippen LogP contribution is -2.44. The number of aromatic amines is 1. The first-order valence-electron chi connectivity index (χ1n) is 9.52. The molecular weight excluding hydrogens is 350 g/mol. The number of likely N-dealkylation sites (N-methyl/N-ethyl adjacent to an activating group) is 1. The summed E-state index contributed by atoms with van der Waals surface area (Å²) in [5.41, 5.74) is 1.92. The van der Waals surface area contributed by atoms with Gasteiger partial charge in [-0.2, -0.15) is 0 Å². The highest BCUT2D eigenvalue weighted by Crippen LogP contribution is 2.26. The Morgan fingerprint density at radius 2 is 2.11 bits per heavy atom. The molecule has 0 spiro atoms. The Labute approximate surface area is 157 Å². The fourth-order valence-electron chi connectivity index (χ4n) is 4.10. The third kappa shape index (κ3) is 3.74. The van der Waals surface area contributed by atoms with E-state index in [1.54, 1.807) is 0 Å². The number of hydrogen-bond donors (Lipinski definition) is 1. The van der Waals surface area contributed by atoms with E-state index in [-0.39, 0.29) is 11.5 Å². The van der Waals surface area contributed by atoms with Gasteiger partial charge in [-0.1, -0.05) is 12.8 Å². The van der Waals surface area contributed by atoms with Crippen molar-refractivity contribution in [1.82, 2.24) is 19.8 Å². The summed E-state index contributed by atoms with van der Waals surface area (Å²) in [6, 6.07) is 3.96. The first kappa shape index (κ1) is 18.1. The van der Waals surface area contributed by atoms with Crippen molar-refractivity contribution in [3.63, 3.8) is 0 Å². The van der Waals surface area contributed by atoms with Gasteiger partial charge in [-0.05, 0) is 32.0 Å². The van der Waals surface area contributed by atoms with Crippen LogP contribution in [0.1, 0.15) is 37.1 Å². The summed E-state index contributed by atoms with van der Waals surface area (Å²) in [7, 11) is 2.02. The minimum atomic E-state index is -0.646. The molecule has 5 nitrogen and oxygen atoms in total. The van der Waals surface area contributed by atoms with Gasteiger partial charge >= 0.3 is 0 Å². The van der Waals surface area contributed by atoms with Gasteiger partial charge in [0.15, 0.2) is 0 Å². The molecular formula is C20H24F2N4O. The molecule has 1 aromatic heterocycles. The van der Waals surface area contributed by atoms with E-state index in [9.17, 15) is 13.6 Å². The Hall–Kier alpha value is -2.28. The zero-order valence-electron chi connectivity index (χ0n) is 15.5. The normalized spacial score (nSPS) is 17.6. The number of benzene rings is 1. The number of imidazole rings is 1. The summed E-state index contributed by atoms with van der Waals surface area (Å²) < 4.78 is 27.2. The summed E-state index contributed by atoms with van der Waals surface area (Å²) in [5, 5.41) is 0. The molecule has 1 aliphatic heterocycles. The maximum atomic E-state index is 14.0. The third-order valence-electron chi connectivity index (χ3n) is 5.70. The van der Waals surface area contributed by atoms with Gasteiger partial charge in [-0.15, -0.1) is 0 Å². The molecule has 0 bridgehead atoms. The molecule has 144 valence electrons. The van der Waals surface area contributed by atoms with Crippen molar-refractivity contribution in [3.8, 4) is 11.4 Å². The summed E-state index contributed by atoms with van der Waals surface area (Å²) in [5.74, 6) is -0.767. The average molecular weight is 374 g/mol. The van der Waals surface area contributed by atoms with Crippen LogP contribution in [0.4, 0.5) is 8.78 Å². The van der Waals surface area contributed by atoms with E-state index in [0.717, 1.165) is 17.5 Å². The Bertz CT molecular complexity index is 845. The topological polar surface area (TPSA) is 52.2 Å². The molecule has 1 N–H and O–H groups in total. The first-order chi connectivity index (χ1) is 13.0. The molecule has 7 heteroatoms. The fourth-order valence-corrected chi connectivity index (χ4v) is 4.10. The highest BCUT2D eigenvalue weighted by atomic mass is 19.1. The van der Waals surface area contributed by atoms with Crippen LogP contribution in [-0.2, 0) is 17.8 Å². The summed E-state index contributed by atoms with van der Waals surface area (Å²) >= 11 is 0. The van der Waals surface area contributed by atoms with E-state index in [0.29, 0.717) is 37.9 Å². The lowest BCUT2D eigenvalue weighted by molar-refractivity contribution is -0.133. The van der Waals surface area contributed by atoms with Crippen LogP contribution in [0.2, 0.25) is 0 Å². The molecule has 4 rings (SSSR count). The van der Waals surface area contributed by atoms with Crippen LogP contribution in [0.15, 0.2) is 18.2 Å². The second kappa shape index (κ2) is 7.38. The van der Waals surface area contributed by atoms with Gasteiger partial charge in [0.1, 0.15) is 17.5 Å². The number of aromatic nitrogens is 2.